The van der Waals surface area contributed by atoms with Crippen molar-refractivity contribution in [2.45, 2.75) is 26.5 Å². The zero-order valence-corrected chi connectivity index (χ0v) is 12.9. The van der Waals surface area contributed by atoms with Gasteiger partial charge in [-0.15, -0.1) is 0 Å². The minimum atomic E-state index is 0.193. The molecule has 1 N–H and O–H groups in total. The fraction of sp³-hybridized carbons (Fsp3) is 0.294. The highest BCUT2D eigenvalue weighted by Gasteiger charge is 2.04. The zero-order chi connectivity index (χ0) is 14.5. The Kier molecular flexibility index (Phi) is 5.05. The summed E-state index contributed by atoms with van der Waals surface area (Å²) in [5.41, 5.74) is 3.43. The van der Waals surface area contributed by atoms with Gasteiger partial charge in [0.05, 0.1) is 6.10 Å². The molecule has 0 saturated heterocycles. The average Bonchev–Trinajstić information content (AvgIpc) is 2.42. The second-order valence-electron chi connectivity index (χ2n) is 5.03. The summed E-state index contributed by atoms with van der Waals surface area (Å²) >= 11 is 6.18. The minimum Gasteiger partial charge on any atom is -0.491 e. The summed E-state index contributed by atoms with van der Waals surface area (Å²) in [6, 6.07) is 14.3. The van der Waals surface area contributed by atoms with Gasteiger partial charge in [-0.25, -0.2) is 0 Å². The number of hydrogen-bond acceptors (Lipinski definition) is 2. The van der Waals surface area contributed by atoms with Crippen LogP contribution in [0.5, 0.6) is 5.75 Å². The second kappa shape index (κ2) is 6.78. The van der Waals surface area contributed by atoms with Crippen molar-refractivity contribution in [3.05, 3.63) is 53.1 Å². The van der Waals surface area contributed by atoms with Crippen LogP contribution in [0.25, 0.3) is 11.1 Å². The van der Waals surface area contributed by atoms with E-state index in [1.165, 1.54) is 0 Å². The molecule has 0 saturated carbocycles. The first-order chi connectivity index (χ1) is 9.60. The highest BCUT2D eigenvalue weighted by atomic mass is 35.5. The van der Waals surface area contributed by atoms with Crippen LogP contribution in [0, 0.1) is 0 Å². The van der Waals surface area contributed by atoms with Gasteiger partial charge in [0.15, 0.2) is 0 Å². The molecule has 0 aliphatic rings. The van der Waals surface area contributed by atoms with Crippen LogP contribution >= 0.6 is 11.6 Å². The Morgan fingerprint density at radius 3 is 2.30 bits per heavy atom. The predicted octanol–water partition coefficient (Wildman–Crippen LogP) is 4.51. The van der Waals surface area contributed by atoms with Gasteiger partial charge in [-0.3, -0.25) is 0 Å². The summed E-state index contributed by atoms with van der Waals surface area (Å²) in [5, 5.41) is 3.92. The first kappa shape index (κ1) is 14.9. The lowest BCUT2D eigenvalue weighted by atomic mass is 10.0. The van der Waals surface area contributed by atoms with Crippen molar-refractivity contribution < 1.29 is 4.74 Å². The molecular formula is C17H20ClNO. The number of benzene rings is 2. The molecule has 0 spiro atoms. The van der Waals surface area contributed by atoms with Crippen molar-refractivity contribution >= 4 is 11.6 Å². The SMILES string of the molecule is CNCc1cc(-c2ccc(OC(C)C)cc2)ccc1Cl. The van der Waals surface area contributed by atoms with Crippen LogP contribution in [0.15, 0.2) is 42.5 Å². The van der Waals surface area contributed by atoms with Crippen LogP contribution in [0.3, 0.4) is 0 Å². The van der Waals surface area contributed by atoms with Gasteiger partial charge in [0.1, 0.15) is 5.75 Å². The highest BCUT2D eigenvalue weighted by molar-refractivity contribution is 6.31. The molecule has 0 radical (unpaired) electrons. The lowest BCUT2D eigenvalue weighted by Gasteiger charge is -2.11. The van der Waals surface area contributed by atoms with E-state index in [9.17, 15) is 0 Å². The van der Waals surface area contributed by atoms with Gasteiger partial charge >= 0.3 is 0 Å². The van der Waals surface area contributed by atoms with Gasteiger partial charge in [0.2, 0.25) is 0 Å². The summed E-state index contributed by atoms with van der Waals surface area (Å²) in [5.74, 6) is 0.896. The zero-order valence-electron chi connectivity index (χ0n) is 12.1. The fourth-order valence-electron chi connectivity index (χ4n) is 2.08. The number of nitrogens with one attached hydrogen (secondary N) is 1. The number of hydrogen-bond donors (Lipinski definition) is 1. The number of halogens is 1. The van der Waals surface area contributed by atoms with E-state index in [0.717, 1.165) is 34.0 Å². The molecule has 0 atom stereocenters. The monoisotopic (exact) mass is 289 g/mol. The number of rotatable bonds is 5. The van der Waals surface area contributed by atoms with E-state index in [1.54, 1.807) is 0 Å². The average molecular weight is 290 g/mol. The molecule has 0 amide bonds. The van der Waals surface area contributed by atoms with Crippen molar-refractivity contribution in [2.75, 3.05) is 7.05 Å². The van der Waals surface area contributed by atoms with Crippen LogP contribution in [-0.2, 0) is 6.54 Å². The summed E-state index contributed by atoms with van der Waals surface area (Å²) in [6.45, 7) is 4.81. The lowest BCUT2D eigenvalue weighted by molar-refractivity contribution is 0.242. The summed E-state index contributed by atoms with van der Waals surface area (Å²) in [4.78, 5) is 0. The molecule has 0 aliphatic heterocycles. The first-order valence-corrected chi connectivity index (χ1v) is 7.18. The van der Waals surface area contributed by atoms with Crippen LogP contribution in [-0.4, -0.2) is 13.2 Å². The molecular weight excluding hydrogens is 270 g/mol. The highest BCUT2D eigenvalue weighted by Crippen LogP contribution is 2.27. The minimum absolute atomic E-state index is 0.193. The predicted molar refractivity (Wildman–Crippen MR) is 85.4 cm³/mol. The van der Waals surface area contributed by atoms with Crippen molar-refractivity contribution in [3.8, 4) is 16.9 Å². The van der Waals surface area contributed by atoms with E-state index in [-0.39, 0.29) is 6.10 Å². The van der Waals surface area contributed by atoms with Gasteiger partial charge in [0, 0.05) is 11.6 Å². The van der Waals surface area contributed by atoms with Crippen LogP contribution < -0.4 is 10.1 Å². The smallest absolute Gasteiger partial charge is 0.119 e. The Balaban J connectivity index is 2.25. The van der Waals surface area contributed by atoms with Gasteiger partial charge in [-0.05, 0) is 61.9 Å². The summed E-state index contributed by atoms with van der Waals surface area (Å²) < 4.78 is 5.66. The van der Waals surface area contributed by atoms with E-state index in [1.807, 2.05) is 45.2 Å². The normalized spacial score (nSPS) is 10.8. The maximum Gasteiger partial charge on any atom is 0.119 e. The van der Waals surface area contributed by atoms with E-state index in [2.05, 4.69) is 23.5 Å². The maximum absolute atomic E-state index is 6.18. The van der Waals surface area contributed by atoms with Gasteiger partial charge in [-0.2, -0.15) is 0 Å². The molecule has 0 aliphatic carbocycles. The molecule has 2 nitrogen and oxygen atoms in total. The Morgan fingerprint density at radius 1 is 1.05 bits per heavy atom. The van der Waals surface area contributed by atoms with Gasteiger partial charge in [-0.1, -0.05) is 29.8 Å². The van der Waals surface area contributed by atoms with Crippen molar-refractivity contribution in [1.29, 1.82) is 0 Å². The molecule has 0 aromatic heterocycles. The quantitative estimate of drug-likeness (QED) is 0.874. The second-order valence-corrected chi connectivity index (χ2v) is 5.43. The molecule has 20 heavy (non-hydrogen) atoms. The molecule has 0 heterocycles. The molecule has 0 unspecified atom stereocenters. The largest absolute Gasteiger partial charge is 0.491 e. The third kappa shape index (κ3) is 3.75. The first-order valence-electron chi connectivity index (χ1n) is 6.80. The molecule has 0 bridgehead atoms. The van der Waals surface area contributed by atoms with Crippen molar-refractivity contribution in [1.82, 2.24) is 5.32 Å². The van der Waals surface area contributed by atoms with Gasteiger partial charge in [0.25, 0.3) is 0 Å². The number of ether oxygens (including phenoxy) is 1. The van der Waals surface area contributed by atoms with Crippen molar-refractivity contribution in [2.24, 2.45) is 0 Å². The van der Waals surface area contributed by atoms with E-state index in [4.69, 9.17) is 16.3 Å². The third-order valence-electron chi connectivity index (χ3n) is 2.97. The van der Waals surface area contributed by atoms with Gasteiger partial charge < -0.3 is 10.1 Å². The summed E-state index contributed by atoms with van der Waals surface area (Å²) in [6.07, 6.45) is 0.193. The molecule has 106 valence electrons. The maximum atomic E-state index is 6.18. The van der Waals surface area contributed by atoms with E-state index >= 15 is 0 Å². The van der Waals surface area contributed by atoms with Crippen molar-refractivity contribution in [3.63, 3.8) is 0 Å². The Bertz CT molecular complexity index is 564. The third-order valence-corrected chi connectivity index (χ3v) is 3.34. The Labute approximate surface area is 125 Å². The van der Waals surface area contributed by atoms with Crippen LogP contribution in [0.4, 0.5) is 0 Å². The molecule has 0 fully saturated rings. The van der Waals surface area contributed by atoms with E-state index < -0.39 is 0 Å². The van der Waals surface area contributed by atoms with Crippen LogP contribution in [0.1, 0.15) is 19.4 Å². The van der Waals surface area contributed by atoms with E-state index in [0.29, 0.717) is 0 Å². The topological polar surface area (TPSA) is 21.3 Å². The fourth-order valence-corrected chi connectivity index (χ4v) is 2.26. The molecule has 2 aromatic rings. The molecule has 2 aromatic carbocycles. The Morgan fingerprint density at radius 2 is 1.70 bits per heavy atom. The Hall–Kier alpha value is -1.51. The molecule has 3 heteroatoms. The summed E-state index contributed by atoms with van der Waals surface area (Å²) in [7, 11) is 1.92. The standard InChI is InChI=1S/C17H20ClNO/c1-12(2)20-16-7-4-13(5-8-16)14-6-9-17(18)15(10-14)11-19-3/h4-10,12,19H,11H2,1-3H3. The van der Waals surface area contributed by atoms with Crippen LogP contribution in [0.2, 0.25) is 5.02 Å². The molecule has 2 rings (SSSR count). The lowest BCUT2D eigenvalue weighted by Crippen LogP contribution is -2.05.